The predicted molar refractivity (Wildman–Crippen MR) is 137 cm³/mol. The van der Waals surface area contributed by atoms with E-state index >= 15 is 0 Å². The maximum Gasteiger partial charge on any atom is 0.329 e. The number of hydrogen-bond acceptors (Lipinski definition) is 5. The van der Waals surface area contributed by atoms with Crippen molar-refractivity contribution in [3.8, 4) is 5.75 Å². The summed E-state index contributed by atoms with van der Waals surface area (Å²) in [6.07, 6.45) is 1.38. The summed E-state index contributed by atoms with van der Waals surface area (Å²) >= 11 is 0. The van der Waals surface area contributed by atoms with Crippen LogP contribution in [0, 0.1) is 27.7 Å². The van der Waals surface area contributed by atoms with Crippen molar-refractivity contribution in [2.24, 2.45) is 5.10 Å². The molecule has 8 nitrogen and oxygen atoms in total. The molecule has 3 N–H and O–H groups in total. The highest BCUT2D eigenvalue weighted by Gasteiger charge is 2.13. The number of benzene rings is 3. The normalized spacial score (nSPS) is 10.6. The minimum atomic E-state index is -0.894. The number of hydrogen-bond donors (Lipinski definition) is 3. The monoisotopic (exact) mass is 472 g/mol. The fraction of sp³-hybridized carbons (Fsp3) is 0.185. The Morgan fingerprint density at radius 3 is 2.37 bits per heavy atom. The van der Waals surface area contributed by atoms with Crippen molar-refractivity contribution >= 4 is 35.3 Å². The van der Waals surface area contributed by atoms with Crippen molar-refractivity contribution < 1.29 is 19.1 Å². The average Bonchev–Trinajstić information content (AvgIpc) is 2.82. The van der Waals surface area contributed by atoms with Gasteiger partial charge in [-0.05, 0) is 85.8 Å². The summed E-state index contributed by atoms with van der Waals surface area (Å²) in [4.78, 5) is 36.4. The van der Waals surface area contributed by atoms with Crippen molar-refractivity contribution in [1.82, 2.24) is 5.43 Å². The van der Waals surface area contributed by atoms with Crippen LogP contribution in [0.3, 0.4) is 0 Å². The van der Waals surface area contributed by atoms with E-state index in [-0.39, 0.29) is 12.5 Å². The van der Waals surface area contributed by atoms with Crippen molar-refractivity contribution in [3.05, 3.63) is 88.5 Å². The number of hydrazone groups is 1. The first-order chi connectivity index (χ1) is 16.7. The van der Waals surface area contributed by atoms with Gasteiger partial charge in [0, 0.05) is 11.4 Å². The average molecular weight is 473 g/mol. The molecule has 8 heteroatoms. The molecule has 0 aliphatic carbocycles. The van der Waals surface area contributed by atoms with Gasteiger partial charge in [-0.3, -0.25) is 14.4 Å². The Bertz CT molecular complexity index is 1280. The molecule has 0 unspecified atom stereocenters. The van der Waals surface area contributed by atoms with Gasteiger partial charge in [-0.25, -0.2) is 5.43 Å². The third-order valence-electron chi connectivity index (χ3n) is 5.25. The second-order valence-electron chi connectivity index (χ2n) is 8.18. The molecule has 0 saturated carbocycles. The van der Waals surface area contributed by atoms with Gasteiger partial charge in [0.15, 0.2) is 6.61 Å². The molecular formula is C27H28N4O4. The Kier molecular flexibility index (Phi) is 8.34. The molecule has 0 aromatic heterocycles. The molecule has 0 fully saturated rings. The quantitative estimate of drug-likeness (QED) is 0.274. The van der Waals surface area contributed by atoms with Crippen LogP contribution in [0.15, 0.2) is 65.8 Å². The fourth-order valence-corrected chi connectivity index (χ4v) is 3.11. The molecule has 3 amide bonds. The van der Waals surface area contributed by atoms with Gasteiger partial charge in [0.25, 0.3) is 5.91 Å². The molecule has 35 heavy (non-hydrogen) atoms. The lowest BCUT2D eigenvalue weighted by Crippen LogP contribution is -2.32. The van der Waals surface area contributed by atoms with E-state index in [1.807, 2.05) is 52.0 Å². The lowest BCUT2D eigenvalue weighted by atomic mass is 10.1. The third kappa shape index (κ3) is 7.53. The van der Waals surface area contributed by atoms with Gasteiger partial charge < -0.3 is 15.4 Å². The number of ether oxygens (including phenoxy) is 1. The maximum atomic E-state index is 12.3. The van der Waals surface area contributed by atoms with Crippen LogP contribution in [0.4, 0.5) is 11.4 Å². The van der Waals surface area contributed by atoms with E-state index in [0.717, 1.165) is 27.9 Å². The van der Waals surface area contributed by atoms with Crippen LogP contribution < -0.4 is 20.8 Å². The molecule has 0 heterocycles. The number of nitrogens with zero attached hydrogens (tertiary/aromatic N) is 1. The van der Waals surface area contributed by atoms with E-state index in [0.29, 0.717) is 17.0 Å². The first-order valence-electron chi connectivity index (χ1n) is 11.0. The molecule has 3 aromatic carbocycles. The Hall–Kier alpha value is -4.46. The number of carbonyl (C=O) groups excluding carboxylic acids is 3. The standard InChI is InChI=1S/C27H28N4O4/c1-17-8-9-19(3)24(12-17)30-25(32)16-35-23-7-5-6-21(14-23)15-28-31-27(34)26(33)29-22-11-10-18(2)20(4)13-22/h5-15H,16H2,1-4H3,(H,29,33)(H,30,32)(H,31,34)/b28-15-. The molecule has 0 bridgehead atoms. The van der Waals surface area contributed by atoms with Crippen LogP contribution in [0.5, 0.6) is 5.75 Å². The first-order valence-corrected chi connectivity index (χ1v) is 11.0. The van der Waals surface area contributed by atoms with E-state index in [1.165, 1.54) is 6.21 Å². The highest BCUT2D eigenvalue weighted by Crippen LogP contribution is 2.17. The highest BCUT2D eigenvalue weighted by atomic mass is 16.5. The lowest BCUT2D eigenvalue weighted by molar-refractivity contribution is -0.136. The van der Waals surface area contributed by atoms with Crippen LogP contribution in [0.25, 0.3) is 0 Å². The molecule has 0 radical (unpaired) electrons. The number of amides is 3. The summed E-state index contributed by atoms with van der Waals surface area (Å²) in [5, 5.41) is 9.20. The van der Waals surface area contributed by atoms with Crippen LogP contribution in [0.2, 0.25) is 0 Å². The van der Waals surface area contributed by atoms with Crippen LogP contribution >= 0.6 is 0 Å². The predicted octanol–water partition coefficient (Wildman–Crippen LogP) is 4.03. The minimum absolute atomic E-state index is 0.163. The molecular weight excluding hydrogens is 444 g/mol. The smallest absolute Gasteiger partial charge is 0.329 e. The zero-order valence-corrected chi connectivity index (χ0v) is 20.1. The first kappa shape index (κ1) is 25.2. The summed E-state index contributed by atoms with van der Waals surface area (Å²) in [7, 11) is 0. The van der Waals surface area contributed by atoms with Gasteiger partial charge in [-0.15, -0.1) is 0 Å². The van der Waals surface area contributed by atoms with E-state index in [2.05, 4.69) is 21.2 Å². The summed E-state index contributed by atoms with van der Waals surface area (Å²) in [6, 6.07) is 18.1. The van der Waals surface area contributed by atoms with Crippen LogP contribution in [-0.2, 0) is 14.4 Å². The van der Waals surface area contributed by atoms with Crippen molar-refractivity contribution in [2.75, 3.05) is 17.2 Å². The molecule has 0 saturated heterocycles. The largest absolute Gasteiger partial charge is 0.484 e. The molecule has 0 spiro atoms. The van der Waals surface area contributed by atoms with Crippen LogP contribution in [0.1, 0.15) is 27.8 Å². The van der Waals surface area contributed by atoms with Gasteiger partial charge >= 0.3 is 11.8 Å². The Morgan fingerprint density at radius 1 is 0.829 bits per heavy atom. The second-order valence-corrected chi connectivity index (χ2v) is 8.18. The van der Waals surface area contributed by atoms with E-state index < -0.39 is 11.8 Å². The van der Waals surface area contributed by atoms with Gasteiger partial charge in [-0.2, -0.15) is 5.10 Å². The van der Waals surface area contributed by atoms with Gasteiger partial charge in [0.1, 0.15) is 5.75 Å². The van der Waals surface area contributed by atoms with Crippen LogP contribution in [-0.4, -0.2) is 30.5 Å². The van der Waals surface area contributed by atoms with E-state index in [1.54, 1.807) is 36.4 Å². The fourth-order valence-electron chi connectivity index (χ4n) is 3.11. The molecule has 0 aliphatic rings. The molecule has 0 atom stereocenters. The number of nitrogens with one attached hydrogen (secondary N) is 3. The SMILES string of the molecule is Cc1ccc(C)c(NC(=O)COc2cccc(/C=N\NC(=O)C(=O)Nc3ccc(C)c(C)c3)c2)c1. The Balaban J connectivity index is 1.50. The summed E-state index contributed by atoms with van der Waals surface area (Å²) < 4.78 is 5.58. The lowest BCUT2D eigenvalue weighted by Gasteiger charge is -2.10. The molecule has 180 valence electrons. The Morgan fingerprint density at radius 2 is 1.60 bits per heavy atom. The Labute approximate surface area is 204 Å². The number of carbonyl (C=O) groups is 3. The van der Waals surface area contributed by atoms with Gasteiger partial charge in [-0.1, -0.05) is 30.3 Å². The zero-order chi connectivity index (χ0) is 25.4. The number of anilines is 2. The highest BCUT2D eigenvalue weighted by molar-refractivity contribution is 6.39. The van der Waals surface area contributed by atoms with Crippen molar-refractivity contribution in [3.63, 3.8) is 0 Å². The molecule has 3 aromatic rings. The maximum absolute atomic E-state index is 12.3. The molecule has 0 aliphatic heterocycles. The zero-order valence-electron chi connectivity index (χ0n) is 20.1. The van der Waals surface area contributed by atoms with Gasteiger partial charge in [0.05, 0.1) is 6.21 Å². The van der Waals surface area contributed by atoms with E-state index in [9.17, 15) is 14.4 Å². The number of rotatable bonds is 7. The van der Waals surface area contributed by atoms with E-state index in [4.69, 9.17) is 4.74 Å². The summed E-state index contributed by atoms with van der Waals surface area (Å²) in [5.41, 5.74) is 8.20. The second kappa shape index (κ2) is 11.6. The topological polar surface area (TPSA) is 109 Å². The van der Waals surface area contributed by atoms with Gasteiger partial charge in [0.2, 0.25) is 0 Å². The third-order valence-corrected chi connectivity index (χ3v) is 5.25. The number of aryl methyl sites for hydroxylation is 4. The van der Waals surface area contributed by atoms with Crippen molar-refractivity contribution in [1.29, 1.82) is 0 Å². The molecule has 3 rings (SSSR count). The summed E-state index contributed by atoms with van der Waals surface area (Å²) in [5.74, 6) is -1.53. The van der Waals surface area contributed by atoms with Crippen molar-refractivity contribution in [2.45, 2.75) is 27.7 Å². The summed E-state index contributed by atoms with van der Waals surface area (Å²) in [6.45, 7) is 7.60. The minimum Gasteiger partial charge on any atom is -0.484 e.